The molecule has 2 amide bonds. The van der Waals surface area contributed by atoms with Gasteiger partial charge in [0.2, 0.25) is 11.8 Å². The predicted octanol–water partition coefficient (Wildman–Crippen LogP) is 2.96. The molecular weight excluding hydrogens is 316 g/mol. The summed E-state index contributed by atoms with van der Waals surface area (Å²) in [4.78, 5) is 25.6. The van der Waals surface area contributed by atoms with Crippen LogP contribution in [0.1, 0.15) is 30.4 Å². The molecule has 1 fully saturated rings. The second-order valence-electron chi connectivity index (χ2n) is 6.95. The largest absolute Gasteiger partial charge is 0.468 e. The Bertz CT molecular complexity index is 864. The quantitative estimate of drug-likeness (QED) is 0.829. The van der Waals surface area contributed by atoms with E-state index in [2.05, 4.69) is 10.6 Å². The molecule has 4 rings (SSSR count). The van der Waals surface area contributed by atoms with Gasteiger partial charge in [-0.15, -0.1) is 0 Å². The molecule has 0 unspecified atom stereocenters. The maximum Gasteiger partial charge on any atom is 0.237 e. The molecule has 5 nitrogen and oxygen atoms in total. The third-order valence-corrected chi connectivity index (χ3v) is 5.02. The Hall–Kier alpha value is -2.82. The van der Waals surface area contributed by atoms with Crippen molar-refractivity contribution >= 4 is 17.5 Å². The predicted molar refractivity (Wildman–Crippen MR) is 94.3 cm³/mol. The Morgan fingerprint density at radius 3 is 2.72 bits per heavy atom. The van der Waals surface area contributed by atoms with Crippen LogP contribution < -0.4 is 15.4 Å². The van der Waals surface area contributed by atoms with Crippen molar-refractivity contribution in [3.8, 4) is 5.75 Å². The Labute approximate surface area is 146 Å². The normalized spacial score (nSPS) is 26.9. The SMILES string of the molecule is Cc1ccccc1NC(=O)[C@@H]1C(=O)N[C@]2(C)C[C@H]1c1ccccc1O2. The molecule has 3 atom stereocenters. The molecule has 0 saturated carbocycles. The van der Waals surface area contributed by atoms with Crippen molar-refractivity contribution in [3.05, 3.63) is 59.7 Å². The Morgan fingerprint density at radius 1 is 1.20 bits per heavy atom. The molecule has 2 aromatic rings. The second-order valence-corrected chi connectivity index (χ2v) is 6.95. The molecule has 0 spiro atoms. The molecule has 0 aliphatic carbocycles. The first-order valence-corrected chi connectivity index (χ1v) is 8.43. The maximum absolute atomic E-state index is 12.9. The number of nitrogens with one attached hydrogen (secondary N) is 2. The van der Waals surface area contributed by atoms with Gasteiger partial charge in [-0.2, -0.15) is 0 Å². The van der Waals surface area contributed by atoms with Crippen molar-refractivity contribution in [2.45, 2.75) is 31.9 Å². The standard InChI is InChI=1S/C20H20N2O3/c1-12-7-3-5-9-15(12)21-18(23)17-14-11-20(2,22-19(17)24)25-16-10-6-4-8-13(14)16/h3-10,14,17H,11H2,1-2H3,(H,21,23)(H,22,24)/t14-,17+,20-/m0/s1. The summed E-state index contributed by atoms with van der Waals surface area (Å²) in [5.41, 5.74) is 1.84. The number of hydrogen-bond donors (Lipinski definition) is 2. The smallest absolute Gasteiger partial charge is 0.237 e. The van der Waals surface area contributed by atoms with Gasteiger partial charge in [0, 0.05) is 18.0 Å². The van der Waals surface area contributed by atoms with E-state index in [0.717, 1.165) is 22.6 Å². The van der Waals surface area contributed by atoms with Crippen LogP contribution in [0.4, 0.5) is 5.69 Å². The molecule has 1 saturated heterocycles. The van der Waals surface area contributed by atoms with Gasteiger partial charge in [0.1, 0.15) is 11.7 Å². The minimum Gasteiger partial charge on any atom is -0.468 e. The van der Waals surface area contributed by atoms with Gasteiger partial charge in [0.25, 0.3) is 0 Å². The highest BCUT2D eigenvalue weighted by Gasteiger charge is 2.51. The molecule has 25 heavy (non-hydrogen) atoms. The van der Waals surface area contributed by atoms with Crippen LogP contribution in [-0.2, 0) is 9.59 Å². The third-order valence-electron chi connectivity index (χ3n) is 5.02. The van der Waals surface area contributed by atoms with Crippen molar-refractivity contribution in [1.82, 2.24) is 5.32 Å². The van der Waals surface area contributed by atoms with Gasteiger partial charge < -0.3 is 15.4 Å². The minimum atomic E-state index is -0.780. The molecule has 5 heteroatoms. The molecular formula is C20H20N2O3. The van der Waals surface area contributed by atoms with E-state index in [1.165, 1.54) is 0 Å². The van der Waals surface area contributed by atoms with Gasteiger partial charge in [0.15, 0.2) is 5.72 Å². The number of piperidine rings is 1. The number of anilines is 1. The van der Waals surface area contributed by atoms with Crippen molar-refractivity contribution in [1.29, 1.82) is 0 Å². The monoisotopic (exact) mass is 336 g/mol. The van der Waals surface area contributed by atoms with E-state index in [4.69, 9.17) is 4.74 Å². The van der Waals surface area contributed by atoms with Crippen LogP contribution in [0.15, 0.2) is 48.5 Å². The second kappa shape index (κ2) is 5.62. The van der Waals surface area contributed by atoms with Gasteiger partial charge in [-0.3, -0.25) is 9.59 Å². The Morgan fingerprint density at radius 2 is 1.92 bits per heavy atom. The van der Waals surface area contributed by atoms with Gasteiger partial charge >= 0.3 is 0 Å². The highest BCUT2D eigenvalue weighted by atomic mass is 16.5. The van der Waals surface area contributed by atoms with Crippen LogP contribution >= 0.6 is 0 Å². The number of ether oxygens (including phenoxy) is 1. The molecule has 2 bridgehead atoms. The number of carbonyl (C=O) groups excluding carboxylic acids is 2. The van der Waals surface area contributed by atoms with Crippen LogP contribution in [-0.4, -0.2) is 17.5 Å². The third kappa shape index (κ3) is 2.65. The average molecular weight is 336 g/mol. The lowest BCUT2D eigenvalue weighted by Crippen LogP contribution is -2.62. The molecule has 0 aromatic heterocycles. The molecule has 2 aliphatic heterocycles. The summed E-state index contributed by atoms with van der Waals surface area (Å²) in [6.45, 7) is 3.78. The number of fused-ring (bicyclic) bond motifs is 4. The van der Waals surface area contributed by atoms with E-state index in [-0.39, 0.29) is 17.7 Å². The zero-order chi connectivity index (χ0) is 17.6. The van der Waals surface area contributed by atoms with Gasteiger partial charge in [0.05, 0.1) is 0 Å². The maximum atomic E-state index is 12.9. The zero-order valence-corrected chi connectivity index (χ0v) is 14.2. The van der Waals surface area contributed by atoms with E-state index in [9.17, 15) is 9.59 Å². The molecule has 0 radical (unpaired) electrons. The summed E-state index contributed by atoms with van der Waals surface area (Å²) in [5, 5.41) is 5.79. The lowest BCUT2D eigenvalue weighted by Gasteiger charge is -2.46. The fourth-order valence-corrected chi connectivity index (χ4v) is 3.81. The van der Waals surface area contributed by atoms with E-state index in [1.807, 2.05) is 62.4 Å². The number of carbonyl (C=O) groups is 2. The number of para-hydroxylation sites is 2. The van der Waals surface area contributed by atoms with Gasteiger partial charge in [-0.05, 0) is 37.1 Å². The first-order chi connectivity index (χ1) is 12.0. The van der Waals surface area contributed by atoms with Gasteiger partial charge in [-0.1, -0.05) is 36.4 Å². The first-order valence-electron chi connectivity index (χ1n) is 8.43. The lowest BCUT2D eigenvalue weighted by atomic mass is 9.74. The lowest BCUT2D eigenvalue weighted by molar-refractivity contribution is -0.145. The van der Waals surface area contributed by atoms with Crippen LogP contribution in [0.25, 0.3) is 0 Å². The topological polar surface area (TPSA) is 67.4 Å². The number of amides is 2. The summed E-state index contributed by atoms with van der Waals surface area (Å²) in [5.74, 6) is -0.824. The fraction of sp³-hybridized carbons (Fsp3) is 0.300. The summed E-state index contributed by atoms with van der Waals surface area (Å²) in [6.07, 6.45) is 0.571. The summed E-state index contributed by atoms with van der Waals surface area (Å²) < 4.78 is 5.96. The molecule has 2 heterocycles. The van der Waals surface area contributed by atoms with Crippen molar-refractivity contribution < 1.29 is 14.3 Å². The fourth-order valence-electron chi connectivity index (χ4n) is 3.81. The van der Waals surface area contributed by atoms with E-state index in [0.29, 0.717) is 6.42 Å². The molecule has 128 valence electrons. The van der Waals surface area contributed by atoms with Gasteiger partial charge in [-0.25, -0.2) is 0 Å². The summed E-state index contributed by atoms with van der Waals surface area (Å²) in [6, 6.07) is 15.2. The highest BCUT2D eigenvalue weighted by Crippen LogP contribution is 2.46. The molecule has 2 N–H and O–H groups in total. The zero-order valence-electron chi connectivity index (χ0n) is 14.2. The van der Waals surface area contributed by atoms with E-state index in [1.54, 1.807) is 0 Å². The number of aryl methyl sites for hydroxylation is 1. The number of benzene rings is 2. The number of rotatable bonds is 2. The number of hydrogen-bond acceptors (Lipinski definition) is 3. The van der Waals surface area contributed by atoms with Crippen LogP contribution in [0.3, 0.4) is 0 Å². The minimum absolute atomic E-state index is 0.201. The summed E-state index contributed by atoms with van der Waals surface area (Å²) in [7, 11) is 0. The average Bonchev–Trinajstić information content (AvgIpc) is 2.56. The Balaban J connectivity index is 1.69. The van der Waals surface area contributed by atoms with Crippen LogP contribution in [0.5, 0.6) is 5.75 Å². The van der Waals surface area contributed by atoms with Crippen molar-refractivity contribution in [2.24, 2.45) is 5.92 Å². The van der Waals surface area contributed by atoms with Crippen molar-refractivity contribution in [2.75, 3.05) is 5.32 Å². The van der Waals surface area contributed by atoms with Crippen LogP contribution in [0.2, 0.25) is 0 Å². The van der Waals surface area contributed by atoms with E-state index < -0.39 is 11.6 Å². The summed E-state index contributed by atoms with van der Waals surface area (Å²) >= 11 is 0. The van der Waals surface area contributed by atoms with Crippen LogP contribution in [0, 0.1) is 12.8 Å². The van der Waals surface area contributed by atoms with E-state index >= 15 is 0 Å². The molecule has 2 aliphatic rings. The van der Waals surface area contributed by atoms with Crippen molar-refractivity contribution in [3.63, 3.8) is 0 Å². The highest BCUT2D eigenvalue weighted by molar-refractivity contribution is 6.08. The Kier molecular flexibility index (Phi) is 3.53. The molecule has 2 aromatic carbocycles. The first kappa shape index (κ1) is 15.7.